The van der Waals surface area contributed by atoms with Crippen LogP contribution in [0.2, 0.25) is 0 Å². The fraction of sp³-hybridized carbons (Fsp3) is 0.500. The molecule has 2 heterocycles. The standard InChI is InChI=1S/C12H17N3O/c13-10-5-6-11(14-9-10)12(16)15-7-3-1-2-4-8-15/h5-6,9H,1-4,7-8,13H2. The fourth-order valence-corrected chi connectivity index (χ4v) is 1.97. The van der Waals surface area contributed by atoms with E-state index in [4.69, 9.17) is 5.73 Å². The number of nitrogens with zero attached hydrogens (tertiary/aromatic N) is 2. The molecule has 1 saturated heterocycles. The van der Waals surface area contributed by atoms with Gasteiger partial charge in [-0.1, -0.05) is 12.8 Å². The van der Waals surface area contributed by atoms with Crippen molar-refractivity contribution < 1.29 is 4.79 Å². The zero-order chi connectivity index (χ0) is 11.4. The summed E-state index contributed by atoms with van der Waals surface area (Å²) in [4.78, 5) is 18.0. The molecule has 0 aliphatic carbocycles. The molecule has 0 unspecified atom stereocenters. The van der Waals surface area contributed by atoms with E-state index in [0.29, 0.717) is 11.4 Å². The smallest absolute Gasteiger partial charge is 0.272 e. The highest BCUT2D eigenvalue weighted by Gasteiger charge is 2.17. The van der Waals surface area contributed by atoms with Crippen molar-refractivity contribution in [3.8, 4) is 0 Å². The normalized spacial score (nSPS) is 16.9. The third-order valence-corrected chi connectivity index (χ3v) is 2.90. The quantitative estimate of drug-likeness (QED) is 0.781. The number of rotatable bonds is 1. The Labute approximate surface area is 95.5 Å². The van der Waals surface area contributed by atoms with Crippen LogP contribution in [0.15, 0.2) is 18.3 Å². The molecule has 2 rings (SSSR count). The molecule has 0 saturated carbocycles. The lowest BCUT2D eigenvalue weighted by Gasteiger charge is -2.19. The Kier molecular flexibility index (Phi) is 3.39. The minimum Gasteiger partial charge on any atom is -0.397 e. The monoisotopic (exact) mass is 219 g/mol. The Morgan fingerprint density at radius 1 is 1.19 bits per heavy atom. The van der Waals surface area contributed by atoms with Crippen molar-refractivity contribution >= 4 is 11.6 Å². The molecule has 1 fully saturated rings. The summed E-state index contributed by atoms with van der Waals surface area (Å²) >= 11 is 0. The molecule has 0 aromatic carbocycles. The van der Waals surface area contributed by atoms with Gasteiger partial charge in [0.1, 0.15) is 5.69 Å². The number of anilines is 1. The Bertz CT molecular complexity index is 353. The van der Waals surface area contributed by atoms with Crippen LogP contribution >= 0.6 is 0 Å². The second-order valence-electron chi connectivity index (χ2n) is 4.18. The average Bonchev–Trinajstić information content (AvgIpc) is 2.57. The van der Waals surface area contributed by atoms with Crippen LogP contribution in [0.25, 0.3) is 0 Å². The minimum absolute atomic E-state index is 0.0295. The number of amides is 1. The van der Waals surface area contributed by atoms with Crippen LogP contribution in [-0.4, -0.2) is 28.9 Å². The average molecular weight is 219 g/mol. The first-order valence-electron chi connectivity index (χ1n) is 5.78. The Morgan fingerprint density at radius 3 is 2.44 bits per heavy atom. The molecule has 1 aromatic heterocycles. The van der Waals surface area contributed by atoms with E-state index >= 15 is 0 Å². The van der Waals surface area contributed by atoms with Crippen LogP contribution in [0.1, 0.15) is 36.2 Å². The van der Waals surface area contributed by atoms with E-state index in [1.54, 1.807) is 12.1 Å². The number of aromatic nitrogens is 1. The number of carbonyl (C=O) groups is 1. The lowest BCUT2D eigenvalue weighted by atomic mass is 10.2. The Balaban J connectivity index is 2.08. The van der Waals surface area contributed by atoms with E-state index in [2.05, 4.69) is 4.98 Å². The zero-order valence-electron chi connectivity index (χ0n) is 9.35. The van der Waals surface area contributed by atoms with Gasteiger partial charge in [-0.25, -0.2) is 4.98 Å². The van der Waals surface area contributed by atoms with Crippen LogP contribution < -0.4 is 5.73 Å². The van der Waals surface area contributed by atoms with Crippen molar-refractivity contribution in [1.82, 2.24) is 9.88 Å². The Morgan fingerprint density at radius 2 is 1.88 bits per heavy atom. The molecular formula is C12H17N3O. The molecule has 1 amide bonds. The summed E-state index contributed by atoms with van der Waals surface area (Å²) in [6.45, 7) is 1.70. The molecule has 4 heteroatoms. The van der Waals surface area contributed by atoms with E-state index in [-0.39, 0.29) is 5.91 Å². The van der Waals surface area contributed by atoms with E-state index in [0.717, 1.165) is 25.9 Å². The van der Waals surface area contributed by atoms with Gasteiger partial charge in [0.05, 0.1) is 11.9 Å². The summed E-state index contributed by atoms with van der Waals surface area (Å²) in [6, 6.07) is 3.42. The van der Waals surface area contributed by atoms with Crippen LogP contribution in [0.3, 0.4) is 0 Å². The van der Waals surface area contributed by atoms with E-state index < -0.39 is 0 Å². The Hall–Kier alpha value is -1.58. The van der Waals surface area contributed by atoms with Gasteiger partial charge in [0, 0.05) is 13.1 Å². The van der Waals surface area contributed by atoms with Crippen molar-refractivity contribution in [2.75, 3.05) is 18.8 Å². The highest BCUT2D eigenvalue weighted by molar-refractivity contribution is 5.92. The highest BCUT2D eigenvalue weighted by Crippen LogP contribution is 2.12. The molecule has 0 atom stereocenters. The minimum atomic E-state index is 0.0295. The third-order valence-electron chi connectivity index (χ3n) is 2.90. The van der Waals surface area contributed by atoms with E-state index in [1.807, 2.05) is 4.90 Å². The van der Waals surface area contributed by atoms with Gasteiger partial charge in [0.25, 0.3) is 5.91 Å². The van der Waals surface area contributed by atoms with Crippen LogP contribution in [-0.2, 0) is 0 Å². The summed E-state index contributed by atoms with van der Waals surface area (Å²) in [5.74, 6) is 0.0295. The van der Waals surface area contributed by atoms with Gasteiger partial charge in [-0.05, 0) is 25.0 Å². The maximum Gasteiger partial charge on any atom is 0.272 e. The number of hydrogen-bond acceptors (Lipinski definition) is 3. The van der Waals surface area contributed by atoms with Gasteiger partial charge in [0.15, 0.2) is 0 Å². The fourth-order valence-electron chi connectivity index (χ4n) is 1.97. The number of nitrogens with two attached hydrogens (primary N) is 1. The van der Waals surface area contributed by atoms with Gasteiger partial charge in [-0.15, -0.1) is 0 Å². The molecule has 0 bridgehead atoms. The summed E-state index contributed by atoms with van der Waals surface area (Å²) < 4.78 is 0. The van der Waals surface area contributed by atoms with E-state index in [1.165, 1.54) is 19.0 Å². The molecule has 16 heavy (non-hydrogen) atoms. The second kappa shape index (κ2) is 4.96. The molecule has 1 aliphatic rings. The first-order valence-corrected chi connectivity index (χ1v) is 5.78. The van der Waals surface area contributed by atoms with Gasteiger partial charge >= 0.3 is 0 Å². The van der Waals surface area contributed by atoms with Gasteiger partial charge < -0.3 is 10.6 Å². The summed E-state index contributed by atoms with van der Waals surface area (Å²) in [7, 11) is 0. The predicted molar refractivity (Wildman–Crippen MR) is 63.0 cm³/mol. The summed E-state index contributed by atoms with van der Waals surface area (Å²) in [5, 5.41) is 0. The van der Waals surface area contributed by atoms with Crippen molar-refractivity contribution in [2.24, 2.45) is 0 Å². The summed E-state index contributed by atoms with van der Waals surface area (Å²) in [6.07, 6.45) is 6.17. The number of hydrogen-bond donors (Lipinski definition) is 1. The highest BCUT2D eigenvalue weighted by atomic mass is 16.2. The molecule has 1 aliphatic heterocycles. The molecule has 1 aromatic rings. The van der Waals surface area contributed by atoms with E-state index in [9.17, 15) is 4.79 Å². The second-order valence-corrected chi connectivity index (χ2v) is 4.18. The molecule has 0 spiro atoms. The maximum atomic E-state index is 12.1. The van der Waals surface area contributed by atoms with Gasteiger partial charge in [0.2, 0.25) is 0 Å². The molecule has 2 N–H and O–H groups in total. The van der Waals surface area contributed by atoms with Crippen molar-refractivity contribution in [3.05, 3.63) is 24.0 Å². The largest absolute Gasteiger partial charge is 0.397 e. The number of carbonyl (C=O) groups excluding carboxylic acids is 1. The molecule has 86 valence electrons. The predicted octanol–water partition coefficient (Wildman–Crippen LogP) is 1.68. The molecular weight excluding hydrogens is 202 g/mol. The number of likely N-dealkylation sites (tertiary alicyclic amines) is 1. The molecule has 4 nitrogen and oxygen atoms in total. The van der Waals surface area contributed by atoms with Crippen molar-refractivity contribution in [3.63, 3.8) is 0 Å². The van der Waals surface area contributed by atoms with Gasteiger partial charge in [-0.3, -0.25) is 4.79 Å². The van der Waals surface area contributed by atoms with Crippen LogP contribution in [0, 0.1) is 0 Å². The SMILES string of the molecule is Nc1ccc(C(=O)N2CCCCCC2)nc1. The maximum absolute atomic E-state index is 12.1. The number of nitrogen functional groups attached to an aromatic ring is 1. The lowest BCUT2D eigenvalue weighted by Crippen LogP contribution is -2.32. The molecule has 0 radical (unpaired) electrons. The number of pyridine rings is 1. The van der Waals surface area contributed by atoms with Crippen LogP contribution in [0.4, 0.5) is 5.69 Å². The topological polar surface area (TPSA) is 59.2 Å². The summed E-state index contributed by atoms with van der Waals surface area (Å²) in [5.41, 5.74) is 6.63. The van der Waals surface area contributed by atoms with Gasteiger partial charge in [-0.2, -0.15) is 0 Å². The van der Waals surface area contributed by atoms with Crippen LogP contribution in [0.5, 0.6) is 0 Å². The van der Waals surface area contributed by atoms with Crippen molar-refractivity contribution in [1.29, 1.82) is 0 Å². The first kappa shape index (κ1) is 10.9. The lowest BCUT2D eigenvalue weighted by molar-refractivity contribution is 0.0756. The van der Waals surface area contributed by atoms with Crippen molar-refractivity contribution in [2.45, 2.75) is 25.7 Å². The third kappa shape index (κ3) is 2.51. The zero-order valence-corrected chi connectivity index (χ0v) is 9.35. The first-order chi connectivity index (χ1) is 7.77.